The molecule has 0 bridgehead atoms. The Morgan fingerprint density at radius 2 is 2.21 bits per heavy atom. The van der Waals surface area contributed by atoms with Crippen LogP contribution in [0.25, 0.3) is 0 Å². The first-order valence-corrected chi connectivity index (χ1v) is 8.64. The van der Waals surface area contributed by atoms with Crippen molar-refractivity contribution in [2.24, 2.45) is 0 Å². The van der Waals surface area contributed by atoms with Gasteiger partial charge in [-0.3, -0.25) is 0 Å². The Hall–Kier alpha value is -2.01. The van der Waals surface area contributed by atoms with Crippen LogP contribution in [0.4, 0.5) is 4.79 Å². The van der Waals surface area contributed by atoms with E-state index >= 15 is 0 Å². The first-order valence-electron chi connectivity index (χ1n) is 8.26. The first-order chi connectivity index (χ1) is 11.5. The molecule has 5 nitrogen and oxygen atoms in total. The van der Waals surface area contributed by atoms with Gasteiger partial charge in [0.2, 0.25) is 0 Å². The summed E-state index contributed by atoms with van der Waals surface area (Å²) in [4.78, 5) is 14.2. The summed E-state index contributed by atoms with van der Waals surface area (Å²) in [5.41, 5.74) is 4.50. The molecule has 1 aromatic carbocycles. The lowest BCUT2D eigenvalue weighted by molar-refractivity contribution is 0.192. The van der Waals surface area contributed by atoms with Crippen molar-refractivity contribution >= 4 is 17.6 Å². The van der Waals surface area contributed by atoms with Gasteiger partial charge in [0.15, 0.2) is 0 Å². The summed E-state index contributed by atoms with van der Waals surface area (Å²) >= 11 is 6.05. The highest BCUT2D eigenvalue weighted by Gasteiger charge is 2.20. The minimum absolute atomic E-state index is 0.0145. The van der Waals surface area contributed by atoms with Crippen molar-refractivity contribution in [2.45, 2.75) is 39.7 Å². The molecule has 2 aromatic rings. The van der Waals surface area contributed by atoms with Crippen LogP contribution in [-0.4, -0.2) is 29.2 Å². The Morgan fingerprint density at radius 3 is 2.96 bits per heavy atom. The third-order valence-electron chi connectivity index (χ3n) is 4.53. The van der Waals surface area contributed by atoms with Gasteiger partial charge in [-0.05, 0) is 56.4 Å². The van der Waals surface area contributed by atoms with Crippen LogP contribution in [0.15, 0.2) is 22.7 Å². The number of fused-ring (bicyclic) bond motifs is 1. The zero-order chi connectivity index (χ0) is 17.1. The van der Waals surface area contributed by atoms with Crippen LogP contribution >= 0.6 is 11.6 Å². The fourth-order valence-corrected chi connectivity index (χ4v) is 3.32. The van der Waals surface area contributed by atoms with Gasteiger partial charge in [0.1, 0.15) is 5.76 Å². The molecule has 2 amide bonds. The maximum Gasteiger partial charge on any atom is 0.317 e. The van der Waals surface area contributed by atoms with Crippen molar-refractivity contribution in [1.29, 1.82) is 0 Å². The molecule has 0 spiro atoms. The molecule has 0 radical (unpaired) electrons. The monoisotopic (exact) mass is 347 g/mol. The molecule has 0 unspecified atom stereocenters. The average molecular weight is 348 g/mol. The molecule has 0 atom stereocenters. The van der Waals surface area contributed by atoms with E-state index in [1.807, 2.05) is 30.9 Å². The molecule has 1 aromatic heterocycles. The molecule has 0 saturated heterocycles. The van der Waals surface area contributed by atoms with Crippen LogP contribution in [0.1, 0.15) is 34.6 Å². The Balaban J connectivity index is 1.48. The molecule has 1 aliphatic heterocycles. The number of carbonyl (C=O) groups is 1. The van der Waals surface area contributed by atoms with E-state index < -0.39 is 0 Å². The summed E-state index contributed by atoms with van der Waals surface area (Å²) in [5.74, 6) is 0.864. The van der Waals surface area contributed by atoms with Crippen LogP contribution in [0.5, 0.6) is 0 Å². The van der Waals surface area contributed by atoms with Crippen molar-refractivity contribution < 1.29 is 9.32 Å². The van der Waals surface area contributed by atoms with Gasteiger partial charge in [0.05, 0.1) is 5.69 Å². The highest BCUT2D eigenvalue weighted by molar-refractivity contribution is 6.30. The lowest BCUT2D eigenvalue weighted by Crippen LogP contribution is -2.43. The van der Waals surface area contributed by atoms with Crippen LogP contribution in [0, 0.1) is 13.8 Å². The second-order valence-electron chi connectivity index (χ2n) is 6.22. The van der Waals surface area contributed by atoms with Gasteiger partial charge in [-0.25, -0.2) is 4.79 Å². The van der Waals surface area contributed by atoms with Gasteiger partial charge in [0.25, 0.3) is 0 Å². The Morgan fingerprint density at radius 1 is 1.38 bits per heavy atom. The molecule has 24 heavy (non-hydrogen) atoms. The van der Waals surface area contributed by atoms with E-state index in [0.717, 1.165) is 53.4 Å². The molecule has 2 heterocycles. The van der Waals surface area contributed by atoms with E-state index in [-0.39, 0.29) is 6.03 Å². The van der Waals surface area contributed by atoms with Crippen LogP contribution in [0.2, 0.25) is 5.02 Å². The Bertz CT molecular complexity index is 722. The minimum Gasteiger partial charge on any atom is -0.361 e. The van der Waals surface area contributed by atoms with E-state index in [4.69, 9.17) is 16.1 Å². The zero-order valence-electron chi connectivity index (χ0n) is 14.1. The lowest BCUT2D eigenvalue weighted by Gasteiger charge is -2.29. The topological polar surface area (TPSA) is 58.4 Å². The fraction of sp³-hybridized carbons (Fsp3) is 0.444. The largest absolute Gasteiger partial charge is 0.361 e. The number of hydrogen-bond acceptors (Lipinski definition) is 3. The maximum atomic E-state index is 12.3. The number of aromatic nitrogens is 1. The summed E-state index contributed by atoms with van der Waals surface area (Å²) in [5, 5.41) is 7.67. The number of rotatable bonds is 4. The quantitative estimate of drug-likeness (QED) is 0.859. The standard InChI is InChI=1S/C18H22ClN3O2/c1-12-17(13(2)24-21-12)4-3-8-20-18(23)22-9-7-14-5-6-16(19)10-15(14)11-22/h5-6,10H,3-4,7-9,11H2,1-2H3,(H,20,23). The van der Waals surface area contributed by atoms with E-state index in [1.54, 1.807) is 0 Å². The SMILES string of the molecule is Cc1noc(C)c1CCCNC(=O)N1CCc2ccc(Cl)cc2C1. The molecule has 3 rings (SSSR count). The van der Waals surface area contributed by atoms with E-state index in [1.165, 1.54) is 5.56 Å². The predicted molar refractivity (Wildman–Crippen MR) is 93.3 cm³/mol. The summed E-state index contributed by atoms with van der Waals surface area (Å²) < 4.78 is 5.16. The highest BCUT2D eigenvalue weighted by Crippen LogP contribution is 2.22. The van der Waals surface area contributed by atoms with Gasteiger partial charge in [-0.15, -0.1) is 0 Å². The molecule has 0 saturated carbocycles. The van der Waals surface area contributed by atoms with Gasteiger partial charge in [-0.1, -0.05) is 22.8 Å². The van der Waals surface area contributed by atoms with Gasteiger partial charge in [0, 0.05) is 30.2 Å². The lowest BCUT2D eigenvalue weighted by atomic mass is 10.0. The molecule has 0 aliphatic carbocycles. The third kappa shape index (κ3) is 3.73. The number of amides is 2. The van der Waals surface area contributed by atoms with E-state index in [2.05, 4.69) is 16.5 Å². The minimum atomic E-state index is -0.0145. The molecular formula is C18H22ClN3O2. The van der Waals surface area contributed by atoms with Crippen molar-refractivity contribution in [3.8, 4) is 0 Å². The molecule has 1 N–H and O–H groups in total. The number of nitrogens with one attached hydrogen (secondary N) is 1. The summed E-state index contributed by atoms with van der Waals surface area (Å²) in [6, 6.07) is 5.90. The normalized spacial score (nSPS) is 13.7. The maximum absolute atomic E-state index is 12.3. The number of urea groups is 1. The number of nitrogens with zero attached hydrogens (tertiary/aromatic N) is 2. The number of aryl methyl sites for hydroxylation is 2. The van der Waals surface area contributed by atoms with Crippen LogP contribution < -0.4 is 5.32 Å². The summed E-state index contributed by atoms with van der Waals surface area (Å²) in [7, 11) is 0. The van der Waals surface area contributed by atoms with Gasteiger partial charge >= 0.3 is 6.03 Å². The summed E-state index contributed by atoms with van der Waals surface area (Å²) in [6.45, 7) is 5.86. The first kappa shape index (κ1) is 16.8. The molecular weight excluding hydrogens is 326 g/mol. The zero-order valence-corrected chi connectivity index (χ0v) is 14.8. The third-order valence-corrected chi connectivity index (χ3v) is 4.76. The van der Waals surface area contributed by atoms with Crippen LogP contribution in [0.3, 0.4) is 0 Å². The average Bonchev–Trinajstić information content (AvgIpc) is 2.89. The number of halogens is 1. The predicted octanol–water partition coefficient (Wildman–Crippen LogP) is 3.65. The second-order valence-corrected chi connectivity index (χ2v) is 6.66. The molecule has 1 aliphatic rings. The Labute approximate surface area is 147 Å². The van der Waals surface area contributed by atoms with Crippen molar-refractivity contribution in [1.82, 2.24) is 15.4 Å². The van der Waals surface area contributed by atoms with E-state index in [9.17, 15) is 4.79 Å². The Kier molecular flexibility index (Phi) is 5.09. The number of benzene rings is 1. The molecule has 0 fully saturated rings. The molecule has 128 valence electrons. The van der Waals surface area contributed by atoms with Gasteiger partial charge in [-0.2, -0.15) is 0 Å². The molecule has 6 heteroatoms. The highest BCUT2D eigenvalue weighted by atomic mass is 35.5. The van der Waals surface area contributed by atoms with Crippen molar-refractivity contribution in [3.63, 3.8) is 0 Å². The smallest absolute Gasteiger partial charge is 0.317 e. The van der Waals surface area contributed by atoms with Crippen molar-refractivity contribution in [2.75, 3.05) is 13.1 Å². The summed E-state index contributed by atoms with van der Waals surface area (Å²) in [6.07, 6.45) is 2.60. The van der Waals surface area contributed by atoms with Crippen LogP contribution in [-0.2, 0) is 19.4 Å². The number of hydrogen-bond donors (Lipinski definition) is 1. The number of carbonyl (C=O) groups excluding carboxylic acids is 1. The van der Waals surface area contributed by atoms with Crippen molar-refractivity contribution in [3.05, 3.63) is 51.4 Å². The fourth-order valence-electron chi connectivity index (χ4n) is 3.13. The second kappa shape index (κ2) is 7.26. The van der Waals surface area contributed by atoms with Gasteiger partial charge < -0.3 is 14.7 Å². The van der Waals surface area contributed by atoms with E-state index in [0.29, 0.717) is 13.1 Å².